The van der Waals surface area contributed by atoms with E-state index in [1.807, 2.05) is 0 Å². The molecule has 0 spiro atoms. The Hall–Kier alpha value is -0.926. The molecule has 0 saturated carbocycles. The predicted octanol–water partition coefficient (Wildman–Crippen LogP) is 8.86. The summed E-state index contributed by atoms with van der Waals surface area (Å²) in [4.78, 5) is 0. The van der Waals surface area contributed by atoms with Crippen molar-refractivity contribution in [2.24, 2.45) is 16.2 Å². The quantitative estimate of drug-likeness (QED) is 0.240. The fourth-order valence-corrected chi connectivity index (χ4v) is 10.6. The number of hydrogen-bond donors (Lipinski definition) is 1. The van der Waals surface area contributed by atoms with Gasteiger partial charge in [-0.25, -0.2) is 0 Å². The van der Waals surface area contributed by atoms with Crippen molar-refractivity contribution in [1.82, 2.24) is 0 Å². The van der Waals surface area contributed by atoms with Crippen molar-refractivity contribution in [3.05, 3.63) is 35.4 Å². The van der Waals surface area contributed by atoms with Crippen LogP contribution >= 0.6 is 0 Å². The number of nitrogens with two attached hydrogens (primary N) is 1. The normalized spacial score (nSPS) is 30.0. The first-order chi connectivity index (χ1) is 18.8. The van der Waals surface area contributed by atoms with Gasteiger partial charge in [0.25, 0.3) is 0 Å². The second kappa shape index (κ2) is 11.5. The van der Waals surface area contributed by atoms with Crippen molar-refractivity contribution in [3.63, 3.8) is 0 Å². The van der Waals surface area contributed by atoms with E-state index in [1.165, 1.54) is 23.1 Å². The molecule has 0 amide bonds. The maximum Gasteiger partial charge on any atom is 0.171 e. The van der Waals surface area contributed by atoms with Crippen LogP contribution in [0.5, 0.6) is 0 Å². The molecule has 4 nitrogen and oxygen atoms in total. The summed E-state index contributed by atoms with van der Waals surface area (Å²) in [5.41, 5.74) is 11.3. The van der Waals surface area contributed by atoms with Gasteiger partial charge in [-0.1, -0.05) is 67.5 Å². The number of anilines is 1. The lowest BCUT2D eigenvalue weighted by Gasteiger charge is -2.55. The predicted molar refractivity (Wildman–Crippen MR) is 181 cm³/mol. The van der Waals surface area contributed by atoms with Gasteiger partial charge >= 0.3 is 0 Å². The first-order valence-electron chi connectivity index (χ1n) is 16.4. The molecular formula is C35H61NO3Si2. The van der Waals surface area contributed by atoms with Crippen molar-refractivity contribution < 1.29 is 13.6 Å². The zero-order chi connectivity index (χ0) is 30.6. The standard InChI is InChI=1S/C35H61NO3Si2/c1-31(2,3)29(37-40(9)10)34-19-20-35(39-34,30(32(4,5)6)38-41(11)12)23-26(22-34)25-13-14-28(36)27(21-25)24-15-17-33(7,8)18-16-24/h13-15,21,26,29-30,40-41H,16-20,22-23,36H2,1-12H3/t26-,29?,30?,34+,35-. The minimum atomic E-state index is -1.31. The maximum absolute atomic E-state index is 7.55. The third-order valence-electron chi connectivity index (χ3n) is 9.77. The van der Waals surface area contributed by atoms with Crippen LogP contribution in [0.15, 0.2) is 24.3 Å². The molecule has 1 aromatic rings. The van der Waals surface area contributed by atoms with Crippen LogP contribution in [0.3, 0.4) is 0 Å². The summed E-state index contributed by atoms with van der Waals surface area (Å²) in [6.07, 6.45) is 10.0. The smallest absolute Gasteiger partial charge is 0.171 e. The average Bonchev–Trinajstić information content (AvgIpc) is 3.11. The first kappa shape index (κ1) is 33.0. The van der Waals surface area contributed by atoms with E-state index in [-0.39, 0.29) is 34.2 Å². The molecule has 1 aliphatic carbocycles. The van der Waals surface area contributed by atoms with Crippen LogP contribution in [0.25, 0.3) is 5.57 Å². The van der Waals surface area contributed by atoms with Crippen molar-refractivity contribution in [1.29, 1.82) is 0 Å². The molecule has 2 unspecified atom stereocenters. The highest BCUT2D eigenvalue weighted by atomic mass is 28.3. The first-order valence-corrected chi connectivity index (χ1v) is 21.9. The molecule has 0 aromatic heterocycles. The summed E-state index contributed by atoms with van der Waals surface area (Å²) in [5, 5.41) is 0. The number of rotatable bonds is 8. The average molecular weight is 600 g/mol. The minimum absolute atomic E-state index is 0.0217. The summed E-state index contributed by atoms with van der Waals surface area (Å²) in [6, 6.07) is 6.90. The van der Waals surface area contributed by atoms with Gasteiger partial charge in [0.05, 0.1) is 23.4 Å². The van der Waals surface area contributed by atoms with E-state index < -0.39 is 18.1 Å². The van der Waals surface area contributed by atoms with Crippen LogP contribution in [0.2, 0.25) is 26.2 Å². The Morgan fingerprint density at radius 3 is 1.78 bits per heavy atom. The molecule has 3 aliphatic rings. The third kappa shape index (κ3) is 7.08. The molecule has 232 valence electrons. The van der Waals surface area contributed by atoms with E-state index in [1.54, 1.807) is 0 Å². The SMILES string of the molecule is C[SiH](C)OC(C(C)(C)C)[C@@]12CC[C@@](C(O[SiH](C)C)C(C)(C)C)(C[C@@H](c3ccc(N)c(C4=CCC(C)(C)CC4)c3)C1)O2. The number of benzene rings is 1. The lowest BCUT2D eigenvalue weighted by molar-refractivity contribution is -0.240. The van der Waals surface area contributed by atoms with E-state index in [9.17, 15) is 0 Å². The monoisotopic (exact) mass is 599 g/mol. The van der Waals surface area contributed by atoms with Crippen LogP contribution in [0.4, 0.5) is 5.69 Å². The number of allylic oxidation sites excluding steroid dienone is 2. The van der Waals surface area contributed by atoms with E-state index in [0.29, 0.717) is 11.3 Å². The number of hydrogen-bond acceptors (Lipinski definition) is 4. The zero-order valence-corrected chi connectivity index (χ0v) is 30.8. The fraction of sp³-hybridized carbons (Fsp3) is 0.771. The molecule has 6 heteroatoms. The fourth-order valence-electron chi connectivity index (χ4n) is 8.15. The molecular weight excluding hydrogens is 539 g/mol. The second-order valence-electron chi connectivity index (χ2n) is 17.1. The Labute approximate surface area is 255 Å². The maximum atomic E-state index is 7.55. The molecule has 1 aromatic carbocycles. The molecule has 41 heavy (non-hydrogen) atoms. The largest absolute Gasteiger partial charge is 0.414 e. The topological polar surface area (TPSA) is 53.7 Å². The number of nitrogen functional groups attached to an aromatic ring is 1. The van der Waals surface area contributed by atoms with Gasteiger partial charge in [-0.05, 0) is 117 Å². The van der Waals surface area contributed by atoms with Gasteiger partial charge in [0.15, 0.2) is 18.1 Å². The molecule has 5 atom stereocenters. The van der Waals surface area contributed by atoms with Gasteiger partial charge in [0, 0.05) is 11.3 Å². The summed E-state index contributed by atoms with van der Waals surface area (Å²) < 4.78 is 21.5. The van der Waals surface area contributed by atoms with Gasteiger partial charge in [0.2, 0.25) is 0 Å². The second-order valence-corrected chi connectivity index (χ2v) is 21.9. The number of fused-ring (bicyclic) bond motifs is 2. The van der Waals surface area contributed by atoms with Crippen LogP contribution < -0.4 is 5.73 Å². The Morgan fingerprint density at radius 1 is 0.854 bits per heavy atom. The zero-order valence-electron chi connectivity index (χ0n) is 28.4. The van der Waals surface area contributed by atoms with E-state index in [0.717, 1.165) is 44.2 Å². The van der Waals surface area contributed by atoms with Gasteiger partial charge in [0.1, 0.15) is 0 Å². The molecule has 0 radical (unpaired) electrons. The van der Waals surface area contributed by atoms with Gasteiger partial charge in [-0.2, -0.15) is 0 Å². The van der Waals surface area contributed by atoms with E-state index in [4.69, 9.17) is 19.3 Å². The van der Waals surface area contributed by atoms with Gasteiger partial charge in [-0.15, -0.1) is 0 Å². The summed E-state index contributed by atoms with van der Waals surface area (Å²) >= 11 is 0. The van der Waals surface area contributed by atoms with E-state index in [2.05, 4.69) is 106 Å². The summed E-state index contributed by atoms with van der Waals surface area (Å²) in [5.74, 6) is 0.371. The molecule has 2 saturated heterocycles. The molecule has 2 N–H and O–H groups in total. The van der Waals surface area contributed by atoms with Crippen LogP contribution in [0, 0.1) is 16.2 Å². The van der Waals surface area contributed by atoms with E-state index >= 15 is 0 Å². The van der Waals surface area contributed by atoms with Crippen LogP contribution in [0.1, 0.15) is 117 Å². The lowest BCUT2D eigenvalue weighted by atomic mass is 9.69. The molecule has 2 fully saturated rings. The number of ether oxygens (including phenoxy) is 1. The highest BCUT2D eigenvalue weighted by Gasteiger charge is 2.64. The van der Waals surface area contributed by atoms with Crippen LogP contribution in [-0.2, 0) is 13.6 Å². The highest BCUT2D eigenvalue weighted by molar-refractivity contribution is 6.48. The summed E-state index contributed by atoms with van der Waals surface area (Å²) in [7, 11) is -2.62. The molecule has 2 aliphatic heterocycles. The Balaban J connectivity index is 1.82. The Morgan fingerprint density at radius 2 is 1.37 bits per heavy atom. The van der Waals surface area contributed by atoms with Gasteiger partial charge in [-0.3, -0.25) is 0 Å². The lowest BCUT2D eigenvalue weighted by Crippen LogP contribution is -2.61. The molecule has 2 bridgehead atoms. The van der Waals surface area contributed by atoms with Crippen LogP contribution in [-0.4, -0.2) is 41.5 Å². The van der Waals surface area contributed by atoms with Gasteiger partial charge < -0.3 is 19.3 Å². The molecule has 4 rings (SSSR count). The van der Waals surface area contributed by atoms with Crippen molar-refractivity contribution in [3.8, 4) is 0 Å². The third-order valence-corrected chi connectivity index (χ3v) is 11.4. The minimum Gasteiger partial charge on any atom is -0.414 e. The highest BCUT2D eigenvalue weighted by Crippen LogP contribution is 2.61. The van der Waals surface area contributed by atoms with Crippen molar-refractivity contribution >= 4 is 29.3 Å². The molecule has 2 heterocycles. The Kier molecular flexibility index (Phi) is 9.28. The van der Waals surface area contributed by atoms with Crippen molar-refractivity contribution in [2.75, 3.05) is 5.73 Å². The Bertz CT molecular complexity index is 1070. The summed E-state index contributed by atoms with van der Waals surface area (Å²) in [6.45, 7) is 28.0. The van der Waals surface area contributed by atoms with Crippen molar-refractivity contribution in [2.45, 2.75) is 156 Å².